The van der Waals surface area contributed by atoms with Crippen LogP contribution in [0.4, 0.5) is 5.69 Å². The Morgan fingerprint density at radius 2 is 1.86 bits per heavy atom. The van der Waals surface area contributed by atoms with Gasteiger partial charge in [0.05, 0.1) is 19.2 Å². The summed E-state index contributed by atoms with van der Waals surface area (Å²) in [6.07, 6.45) is 0.252. The van der Waals surface area contributed by atoms with Crippen LogP contribution in [0.15, 0.2) is 53.0 Å². The van der Waals surface area contributed by atoms with E-state index >= 15 is 0 Å². The van der Waals surface area contributed by atoms with E-state index in [0.29, 0.717) is 0 Å². The van der Waals surface area contributed by atoms with Gasteiger partial charge in [-0.3, -0.25) is 4.79 Å². The number of anilines is 1. The molecule has 0 atom stereocenters. The zero-order valence-corrected chi connectivity index (χ0v) is 14.3. The Labute approximate surface area is 143 Å². The number of para-hydroxylation sites is 1. The summed E-state index contributed by atoms with van der Waals surface area (Å²) in [5.74, 6) is 0.588. The summed E-state index contributed by atoms with van der Waals surface area (Å²) in [5, 5.41) is 5.91. The number of carbonyl (C=O) groups is 1. The number of thiocarbonyl (C=S) groups is 1. The summed E-state index contributed by atoms with van der Waals surface area (Å²) in [6, 6.07) is 14.9. The fraction of sp³-hybridized carbons (Fsp3) is 0.125. The van der Waals surface area contributed by atoms with Gasteiger partial charge in [-0.2, -0.15) is 0 Å². The van der Waals surface area contributed by atoms with Gasteiger partial charge in [0, 0.05) is 4.47 Å². The van der Waals surface area contributed by atoms with Crippen molar-refractivity contribution in [3.63, 3.8) is 0 Å². The van der Waals surface area contributed by atoms with E-state index in [0.717, 1.165) is 21.5 Å². The molecule has 0 radical (unpaired) electrons. The first-order chi connectivity index (χ1) is 10.6. The average molecular weight is 379 g/mol. The van der Waals surface area contributed by atoms with Gasteiger partial charge in [-0.05, 0) is 58.0 Å². The molecule has 0 bridgehead atoms. The molecule has 0 spiro atoms. The molecule has 0 aliphatic rings. The van der Waals surface area contributed by atoms with Gasteiger partial charge in [-0.25, -0.2) is 0 Å². The Morgan fingerprint density at radius 1 is 1.18 bits per heavy atom. The second-order valence-corrected chi connectivity index (χ2v) is 5.77. The van der Waals surface area contributed by atoms with Crippen LogP contribution in [-0.4, -0.2) is 18.1 Å². The smallest absolute Gasteiger partial charge is 0.230 e. The Bertz CT molecular complexity index is 674. The third-order valence-corrected chi connectivity index (χ3v) is 3.79. The van der Waals surface area contributed by atoms with E-state index in [1.165, 1.54) is 0 Å². The van der Waals surface area contributed by atoms with E-state index in [2.05, 4.69) is 26.6 Å². The van der Waals surface area contributed by atoms with E-state index < -0.39 is 0 Å². The molecule has 114 valence electrons. The molecule has 0 saturated heterocycles. The molecule has 6 heteroatoms. The molecule has 4 nitrogen and oxygen atoms in total. The Balaban J connectivity index is 1.88. The molecule has 0 aliphatic heterocycles. The minimum atomic E-state index is -0.172. The second kappa shape index (κ2) is 7.91. The van der Waals surface area contributed by atoms with Crippen molar-refractivity contribution in [1.29, 1.82) is 0 Å². The van der Waals surface area contributed by atoms with Crippen molar-refractivity contribution >= 4 is 44.9 Å². The number of hydrogen-bond acceptors (Lipinski definition) is 3. The molecule has 1 amide bonds. The van der Waals surface area contributed by atoms with E-state index in [-0.39, 0.29) is 17.4 Å². The van der Waals surface area contributed by atoms with Crippen LogP contribution in [0.3, 0.4) is 0 Å². The maximum atomic E-state index is 12.0. The van der Waals surface area contributed by atoms with Gasteiger partial charge in [0.25, 0.3) is 0 Å². The molecule has 0 aliphatic carbocycles. The summed E-state index contributed by atoms with van der Waals surface area (Å²) < 4.78 is 5.96. The third-order valence-electron chi connectivity index (χ3n) is 2.90. The number of benzene rings is 2. The average Bonchev–Trinajstić information content (AvgIpc) is 2.50. The number of nitrogens with one attached hydrogen (secondary N) is 2. The van der Waals surface area contributed by atoms with Crippen LogP contribution < -0.4 is 15.4 Å². The maximum Gasteiger partial charge on any atom is 0.230 e. The summed E-state index contributed by atoms with van der Waals surface area (Å²) in [4.78, 5) is 12.0. The fourth-order valence-electron chi connectivity index (χ4n) is 1.82. The standard InChI is InChI=1S/C16H15BrN2O2S/c1-21-12-8-6-11(7-9-12)10-15(20)19-16(22)18-14-5-3-2-4-13(14)17/h2-9H,10H2,1H3,(H2,18,19,20,22). The van der Waals surface area contributed by atoms with Gasteiger partial charge in [0.1, 0.15) is 5.75 Å². The lowest BCUT2D eigenvalue weighted by Crippen LogP contribution is -2.35. The van der Waals surface area contributed by atoms with Crippen LogP contribution in [0.1, 0.15) is 5.56 Å². The number of carbonyl (C=O) groups excluding carboxylic acids is 1. The van der Waals surface area contributed by atoms with Crippen molar-refractivity contribution in [2.45, 2.75) is 6.42 Å². The predicted octanol–water partition coefficient (Wildman–Crippen LogP) is 3.51. The highest BCUT2D eigenvalue weighted by Gasteiger charge is 2.07. The largest absolute Gasteiger partial charge is 0.497 e. The molecular weight excluding hydrogens is 364 g/mol. The Morgan fingerprint density at radius 3 is 2.50 bits per heavy atom. The van der Waals surface area contributed by atoms with Crippen LogP contribution in [0.2, 0.25) is 0 Å². The second-order valence-electron chi connectivity index (χ2n) is 4.51. The lowest BCUT2D eigenvalue weighted by Gasteiger charge is -2.11. The van der Waals surface area contributed by atoms with Gasteiger partial charge < -0.3 is 15.4 Å². The number of hydrogen-bond donors (Lipinski definition) is 2. The normalized spacial score (nSPS) is 9.91. The van der Waals surface area contributed by atoms with Crippen molar-refractivity contribution in [2.24, 2.45) is 0 Å². The maximum absolute atomic E-state index is 12.0. The molecule has 0 unspecified atom stereocenters. The number of rotatable bonds is 4. The first-order valence-corrected chi connectivity index (χ1v) is 7.77. The van der Waals surface area contributed by atoms with Crippen LogP contribution >= 0.6 is 28.1 Å². The van der Waals surface area contributed by atoms with Gasteiger partial charge >= 0.3 is 0 Å². The van der Waals surface area contributed by atoms with Crippen molar-refractivity contribution in [2.75, 3.05) is 12.4 Å². The molecule has 2 aromatic rings. The number of methoxy groups -OCH3 is 1. The fourth-order valence-corrected chi connectivity index (χ4v) is 2.42. The molecule has 0 aromatic heterocycles. The minimum Gasteiger partial charge on any atom is -0.497 e. The van der Waals surface area contributed by atoms with Gasteiger partial charge in [0.2, 0.25) is 5.91 Å². The van der Waals surface area contributed by atoms with E-state index in [1.54, 1.807) is 7.11 Å². The molecule has 0 heterocycles. The highest BCUT2D eigenvalue weighted by Crippen LogP contribution is 2.20. The summed E-state index contributed by atoms with van der Waals surface area (Å²) in [6.45, 7) is 0. The van der Waals surface area contributed by atoms with Crippen molar-refractivity contribution in [3.8, 4) is 5.75 Å². The monoisotopic (exact) mass is 378 g/mol. The van der Waals surface area contributed by atoms with E-state index in [4.69, 9.17) is 17.0 Å². The highest BCUT2D eigenvalue weighted by atomic mass is 79.9. The quantitative estimate of drug-likeness (QED) is 0.799. The molecule has 0 fully saturated rings. The van der Waals surface area contributed by atoms with Crippen LogP contribution in [0.5, 0.6) is 5.75 Å². The minimum absolute atomic E-state index is 0.172. The van der Waals surface area contributed by atoms with Crippen LogP contribution in [0.25, 0.3) is 0 Å². The van der Waals surface area contributed by atoms with Crippen LogP contribution in [-0.2, 0) is 11.2 Å². The zero-order valence-electron chi connectivity index (χ0n) is 11.9. The molecule has 2 N–H and O–H groups in total. The van der Waals surface area contributed by atoms with Gasteiger partial charge in [0.15, 0.2) is 5.11 Å². The molecule has 0 saturated carbocycles. The first kappa shape index (κ1) is 16.5. The topological polar surface area (TPSA) is 50.4 Å². The van der Waals surface area contributed by atoms with Crippen LogP contribution in [0, 0.1) is 0 Å². The zero-order chi connectivity index (χ0) is 15.9. The summed E-state index contributed by atoms with van der Waals surface area (Å²) >= 11 is 8.56. The third kappa shape index (κ3) is 4.82. The van der Waals surface area contributed by atoms with E-state index in [1.807, 2.05) is 48.5 Å². The van der Waals surface area contributed by atoms with Gasteiger partial charge in [-0.15, -0.1) is 0 Å². The number of amides is 1. The van der Waals surface area contributed by atoms with Crippen molar-refractivity contribution in [3.05, 3.63) is 58.6 Å². The molecule has 2 rings (SSSR count). The Kier molecular flexibility index (Phi) is 5.91. The number of halogens is 1. The molecule has 2 aromatic carbocycles. The van der Waals surface area contributed by atoms with Crippen molar-refractivity contribution in [1.82, 2.24) is 5.32 Å². The lowest BCUT2D eigenvalue weighted by atomic mass is 10.1. The highest BCUT2D eigenvalue weighted by molar-refractivity contribution is 9.10. The predicted molar refractivity (Wildman–Crippen MR) is 95.2 cm³/mol. The van der Waals surface area contributed by atoms with E-state index in [9.17, 15) is 4.79 Å². The lowest BCUT2D eigenvalue weighted by molar-refractivity contribution is -0.119. The molecule has 22 heavy (non-hydrogen) atoms. The summed E-state index contributed by atoms with van der Waals surface area (Å²) in [7, 11) is 1.60. The van der Waals surface area contributed by atoms with Gasteiger partial charge in [-0.1, -0.05) is 24.3 Å². The SMILES string of the molecule is COc1ccc(CC(=O)NC(=S)Nc2ccccc2Br)cc1. The summed E-state index contributed by atoms with van der Waals surface area (Å²) in [5.41, 5.74) is 1.69. The first-order valence-electron chi connectivity index (χ1n) is 6.57. The molecular formula is C16H15BrN2O2S. The Hall–Kier alpha value is -1.92. The number of ether oxygens (including phenoxy) is 1. The van der Waals surface area contributed by atoms with Crippen molar-refractivity contribution < 1.29 is 9.53 Å².